The van der Waals surface area contributed by atoms with Gasteiger partial charge in [-0.3, -0.25) is 4.79 Å². The molecule has 0 aliphatic carbocycles. The van der Waals surface area contributed by atoms with E-state index in [0.29, 0.717) is 11.3 Å². The SMILES string of the molecule is COc1cccc(C(=O)n2ccc(/C=C/c3cccs3)n2)c1. The molecule has 0 atom stereocenters. The third-order valence-corrected chi connectivity index (χ3v) is 3.93. The highest BCUT2D eigenvalue weighted by Crippen LogP contribution is 2.15. The normalized spacial score (nSPS) is 11.0. The second-order valence-corrected chi connectivity index (χ2v) is 5.55. The van der Waals surface area contributed by atoms with Crippen LogP contribution < -0.4 is 4.74 Å². The fourth-order valence-electron chi connectivity index (χ4n) is 1.98. The van der Waals surface area contributed by atoms with E-state index in [1.54, 1.807) is 48.9 Å². The molecule has 2 aromatic heterocycles. The Balaban J connectivity index is 1.79. The van der Waals surface area contributed by atoms with E-state index in [4.69, 9.17) is 4.74 Å². The summed E-state index contributed by atoms with van der Waals surface area (Å²) in [5.74, 6) is 0.463. The summed E-state index contributed by atoms with van der Waals surface area (Å²) in [4.78, 5) is 13.5. The number of carbonyl (C=O) groups is 1. The Labute approximate surface area is 132 Å². The minimum absolute atomic E-state index is 0.185. The van der Waals surface area contributed by atoms with Crippen molar-refractivity contribution in [3.63, 3.8) is 0 Å². The Morgan fingerprint density at radius 1 is 1.23 bits per heavy atom. The molecule has 0 saturated carbocycles. The van der Waals surface area contributed by atoms with Gasteiger partial charge >= 0.3 is 0 Å². The predicted molar refractivity (Wildman–Crippen MR) is 88.2 cm³/mol. The predicted octanol–water partition coefficient (Wildman–Crippen LogP) is 3.81. The van der Waals surface area contributed by atoms with Crippen LogP contribution in [0.3, 0.4) is 0 Å². The number of aromatic nitrogens is 2. The Morgan fingerprint density at radius 2 is 2.14 bits per heavy atom. The van der Waals surface area contributed by atoms with E-state index in [9.17, 15) is 4.79 Å². The molecule has 0 unspecified atom stereocenters. The van der Waals surface area contributed by atoms with Crippen molar-refractivity contribution in [1.29, 1.82) is 0 Å². The van der Waals surface area contributed by atoms with Crippen LogP contribution in [0.25, 0.3) is 12.2 Å². The van der Waals surface area contributed by atoms with Gasteiger partial charge in [0.25, 0.3) is 5.91 Å². The fraction of sp³-hybridized carbons (Fsp3) is 0.0588. The second-order valence-electron chi connectivity index (χ2n) is 4.57. The molecule has 2 heterocycles. The van der Waals surface area contributed by atoms with Gasteiger partial charge in [0.2, 0.25) is 0 Å². The van der Waals surface area contributed by atoms with Crippen molar-refractivity contribution < 1.29 is 9.53 Å². The maximum atomic E-state index is 12.4. The maximum absolute atomic E-state index is 12.4. The molecule has 0 saturated heterocycles. The number of nitrogens with zero attached hydrogens (tertiary/aromatic N) is 2. The highest BCUT2D eigenvalue weighted by molar-refractivity contribution is 7.10. The smallest absolute Gasteiger partial charge is 0.278 e. The first-order valence-corrected chi connectivity index (χ1v) is 7.60. The van der Waals surface area contributed by atoms with Gasteiger partial charge in [0.05, 0.1) is 12.8 Å². The van der Waals surface area contributed by atoms with Crippen LogP contribution in [0.15, 0.2) is 54.0 Å². The van der Waals surface area contributed by atoms with Crippen LogP contribution in [0.1, 0.15) is 20.9 Å². The Morgan fingerprint density at radius 3 is 2.91 bits per heavy atom. The van der Waals surface area contributed by atoms with E-state index in [1.165, 1.54) is 4.68 Å². The van der Waals surface area contributed by atoms with Crippen molar-refractivity contribution in [3.05, 3.63) is 70.2 Å². The molecule has 22 heavy (non-hydrogen) atoms. The van der Waals surface area contributed by atoms with Gasteiger partial charge in [0, 0.05) is 16.6 Å². The molecule has 0 radical (unpaired) electrons. The average molecular weight is 310 g/mol. The fourth-order valence-corrected chi connectivity index (χ4v) is 2.60. The number of thiophene rings is 1. The van der Waals surface area contributed by atoms with E-state index in [0.717, 1.165) is 10.6 Å². The topological polar surface area (TPSA) is 44.1 Å². The largest absolute Gasteiger partial charge is 0.497 e. The zero-order valence-electron chi connectivity index (χ0n) is 12.0. The summed E-state index contributed by atoms with van der Waals surface area (Å²) in [5.41, 5.74) is 1.28. The monoisotopic (exact) mass is 310 g/mol. The van der Waals surface area contributed by atoms with Crippen LogP contribution in [-0.4, -0.2) is 22.8 Å². The summed E-state index contributed by atoms with van der Waals surface area (Å²) in [6.45, 7) is 0. The number of ether oxygens (including phenoxy) is 1. The molecule has 0 aliphatic heterocycles. The lowest BCUT2D eigenvalue weighted by atomic mass is 10.2. The van der Waals surface area contributed by atoms with Crippen molar-refractivity contribution in [2.45, 2.75) is 0 Å². The van der Waals surface area contributed by atoms with Gasteiger partial charge in [-0.25, -0.2) is 4.68 Å². The van der Waals surface area contributed by atoms with Gasteiger partial charge in [-0.1, -0.05) is 12.1 Å². The zero-order chi connectivity index (χ0) is 15.4. The van der Waals surface area contributed by atoms with Gasteiger partial charge in [-0.05, 0) is 47.9 Å². The van der Waals surface area contributed by atoms with Crippen molar-refractivity contribution >= 4 is 29.4 Å². The third kappa shape index (κ3) is 3.15. The molecule has 4 nitrogen and oxygen atoms in total. The van der Waals surface area contributed by atoms with Crippen LogP contribution in [0.2, 0.25) is 0 Å². The highest BCUT2D eigenvalue weighted by Gasteiger charge is 2.10. The highest BCUT2D eigenvalue weighted by atomic mass is 32.1. The Hall–Kier alpha value is -2.66. The first-order valence-electron chi connectivity index (χ1n) is 6.72. The minimum atomic E-state index is -0.185. The van der Waals surface area contributed by atoms with Gasteiger partial charge in [0.1, 0.15) is 5.75 Å². The maximum Gasteiger partial charge on any atom is 0.278 e. The lowest BCUT2D eigenvalue weighted by molar-refractivity contribution is 0.0944. The van der Waals surface area contributed by atoms with Crippen LogP contribution >= 0.6 is 11.3 Å². The van der Waals surface area contributed by atoms with Crippen molar-refractivity contribution in [2.75, 3.05) is 7.11 Å². The molecule has 0 aliphatic rings. The van der Waals surface area contributed by atoms with E-state index in [2.05, 4.69) is 5.10 Å². The number of hydrogen-bond acceptors (Lipinski definition) is 4. The van der Waals surface area contributed by atoms with E-state index < -0.39 is 0 Å². The Kier molecular flexibility index (Phi) is 4.16. The first-order chi connectivity index (χ1) is 10.8. The molecule has 3 aromatic rings. The van der Waals surface area contributed by atoms with Gasteiger partial charge < -0.3 is 4.74 Å². The Bertz CT molecular complexity index is 804. The molecule has 3 rings (SSSR count). The van der Waals surface area contributed by atoms with E-state index in [1.807, 2.05) is 35.7 Å². The minimum Gasteiger partial charge on any atom is -0.497 e. The second kappa shape index (κ2) is 6.41. The molecule has 5 heteroatoms. The molecule has 110 valence electrons. The summed E-state index contributed by atoms with van der Waals surface area (Å²) in [6.07, 6.45) is 5.53. The van der Waals surface area contributed by atoms with E-state index >= 15 is 0 Å². The molecule has 0 fully saturated rings. The van der Waals surface area contributed by atoms with E-state index in [-0.39, 0.29) is 5.91 Å². The number of rotatable bonds is 4. The molecule has 0 amide bonds. The van der Waals surface area contributed by atoms with Crippen LogP contribution in [0.4, 0.5) is 0 Å². The quantitative estimate of drug-likeness (QED) is 0.736. The molecular formula is C17H14N2O2S. The summed E-state index contributed by atoms with van der Waals surface area (Å²) >= 11 is 1.65. The lowest BCUT2D eigenvalue weighted by Crippen LogP contribution is -2.12. The van der Waals surface area contributed by atoms with Crippen molar-refractivity contribution in [1.82, 2.24) is 9.78 Å². The first kappa shape index (κ1) is 14.3. The van der Waals surface area contributed by atoms with Gasteiger partial charge in [0.15, 0.2) is 0 Å². The molecular weight excluding hydrogens is 296 g/mol. The summed E-state index contributed by atoms with van der Waals surface area (Å²) in [7, 11) is 1.57. The average Bonchev–Trinajstić information content (AvgIpc) is 3.23. The molecule has 0 spiro atoms. The number of hydrogen-bond donors (Lipinski definition) is 0. The van der Waals surface area contributed by atoms with Gasteiger partial charge in [-0.15, -0.1) is 11.3 Å². The van der Waals surface area contributed by atoms with Crippen molar-refractivity contribution in [3.8, 4) is 5.75 Å². The summed E-state index contributed by atoms with van der Waals surface area (Å²) in [5, 5.41) is 6.30. The van der Waals surface area contributed by atoms with Crippen LogP contribution in [0.5, 0.6) is 5.75 Å². The van der Waals surface area contributed by atoms with Crippen molar-refractivity contribution in [2.24, 2.45) is 0 Å². The lowest BCUT2D eigenvalue weighted by Gasteiger charge is -2.03. The third-order valence-electron chi connectivity index (χ3n) is 3.10. The number of benzene rings is 1. The molecule has 0 bridgehead atoms. The standard InChI is InChI=1S/C17H14N2O2S/c1-21-15-5-2-4-13(12-15)17(20)19-10-9-14(18-19)7-8-16-6-3-11-22-16/h2-12H,1H3/b8-7+. The molecule has 0 N–H and O–H groups in total. The number of carbonyl (C=O) groups excluding carboxylic acids is 1. The summed E-state index contributed by atoms with van der Waals surface area (Å²) < 4.78 is 6.47. The molecule has 1 aromatic carbocycles. The van der Waals surface area contributed by atoms with Crippen LogP contribution in [-0.2, 0) is 0 Å². The van der Waals surface area contributed by atoms with Gasteiger partial charge in [-0.2, -0.15) is 5.10 Å². The zero-order valence-corrected chi connectivity index (χ0v) is 12.8. The number of methoxy groups -OCH3 is 1. The summed E-state index contributed by atoms with van der Waals surface area (Å²) in [6, 6.07) is 12.9. The van der Waals surface area contributed by atoms with Crippen LogP contribution in [0, 0.1) is 0 Å².